The topological polar surface area (TPSA) is 47.6 Å². The third kappa shape index (κ3) is 4.93. The SMILES string of the molecule is COc1ccc(OC)c(NC(=O)CSCc2cc(C)ccc2C)c1. The Morgan fingerprint density at radius 3 is 2.58 bits per heavy atom. The summed E-state index contributed by atoms with van der Waals surface area (Å²) in [4.78, 5) is 12.2. The molecule has 1 amide bonds. The molecule has 0 bridgehead atoms. The highest BCUT2D eigenvalue weighted by Crippen LogP contribution is 2.29. The summed E-state index contributed by atoms with van der Waals surface area (Å²) in [5, 5.41) is 2.88. The number of carbonyl (C=O) groups excluding carboxylic acids is 1. The van der Waals surface area contributed by atoms with Crippen molar-refractivity contribution in [3.8, 4) is 11.5 Å². The van der Waals surface area contributed by atoms with Crippen LogP contribution in [0.2, 0.25) is 0 Å². The van der Waals surface area contributed by atoms with E-state index >= 15 is 0 Å². The minimum absolute atomic E-state index is 0.0585. The quantitative estimate of drug-likeness (QED) is 0.817. The van der Waals surface area contributed by atoms with Gasteiger partial charge >= 0.3 is 0 Å². The van der Waals surface area contributed by atoms with Crippen molar-refractivity contribution in [2.24, 2.45) is 0 Å². The molecule has 0 aromatic heterocycles. The standard InChI is InChI=1S/C19H23NO3S/c1-13-5-6-14(2)15(9-13)11-24-12-19(21)20-17-10-16(22-3)7-8-18(17)23-4/h5-10H,11-12H2,1-4H3,(H,20,21). The predicted molar refractivity (Wildman–Crippen MR) is 100 cm³/mol. The van der Waals surface area contributed by atoms with E-state index in [4.69, 9.17) is 9.47 Å². The number of hydrogen-bond donors (Lipinski definition) is 1. The van der Waals surface area contributed by atoms with Gasteiger partial charge in [0.25, 0.3) is 0 Å². The summed E-state index contributed by atoms with van der Waals surface area (Å²) in [6, 6.07) is 11.7. The van der Waals surface area contributed by atoms with Crippen LogP contribution < -0.4 is 14.8 Å². The Morgan fingerprint density at radius 1 is 1.08 bits per heavy atom. The van der Waals surface area contributed by atoms with E-state index in [0.29, 0.717) is 22.9 Å². The number of ether oxygens (including phenoxy) is 2. The van der Waals surface area contributed by atoms with Crippen LogP contribution in [0.5, 0.6) is 11.5 Å². The van der Waals surface area contributed by atoms with Crippen LogP contribution in [-0.4, -0.2) is 25.9 Å². The van der Waals surface area contributed by atoms with Gasteiger partial charge in [0.1, 0.15) is 11.5 Å². The van der Waals surface area contributed by atoms with E-state index in [1.54, 1.807) is 44.2 Å². The smallest absolute Gasteiger partial charge is 0.234 e. The summed E-state index contributed by atoms with van der Waals surface area (Å²) in [7, 11) is 3.17. The third-order valence-corrected chi connectivity index (χ3v) is 4.66. The third-order valence-electron chi connectivity index (χ3n) is 3.68. The lowest BCUT2D eigenvalue weighted by atomic mass is 10.1. The Balaban J connectivity index is 1.93. The van der Waals surface area contributed by atoms with E-state index in [1.165, 1.54) is 16.7 Å². The molecule has 2 aromatic rings. The minimum Gasteiger partial charge on any atom is -0.497 e. The molecule has 0 aliphatic heterocycles. The first-order valence-corrected chi connectivity index (χ1v) is 8.84. The number of amides is 1. The molecule has 2 rings (SSSR count). The van der Waals surface area contributed by atoms with Gasteiger partial charge in [-0.05, 0) is 37.1 Å². The Morgan fingerprint density at radius 2 is 1.88 bits per heavy atom. The van der Waals surface area contributed by atoms with Crippen LogP contribution in [0.1, 0.15) is 16.7 Å². The van der Waals surface area contributed by atoms with Gasteiger partial charge in [0.2, 0.25) is 5.91 Å². The highest BCUT2D eigenvalue weighted by molar-refractivity contribution is 7.99. The van der Waals surface area contributed by atoms with Crippen LogP contribution in [0, 0.1) is 13.8 Å². The number of hydrogen-bond acceptors (Lipinski definition) is 4. The van der Waals surface area contributed by atoms with Crippen molar-refractivity contribution in [3.63, 3.8) is 0 Å². The summed E-state index contributed by atoms with van der Waals surface area (Å²) in [5.74, 6) is 2.43. The molecule has 0 aliphatic carbocycles. The van der Waals surface area contributed by atoms with Gasteiger partial charge in [-0.2, -0.15) is 0 Å². The lowest BCUT2D eigenvalue weighted by molar-refractivity contribution is -0.113. The molecule has 2 aromatic carbocycles. The second kappa shape index (κ2) is 8.64. The van der Waals surface area contributed by atoms with E-state index in [0.717, 1.165) is 5.75 Å². The van der Waals surface area contributed by atoms with Gasteiger partial charge in [0.05, 0.1) is 25.7 Å². The molecule has 0 heterocycles. The zero-order valence-corrected chi connectivity index (χ0v) is 15.3. The van der Waals surface area contributed by atoms with Crippen molar-refractivity contribution in [1.29, 1.82) is 0 Å². The van der Waals surface area contributed by atoms with Crippen molar-refractivity contribution < 1.29 is 14.3 Å². The molecule has 0 spiro atoms. The van der Waals surface area contributed by atoms with Crippen molar-refractivity contribution in [2.75, 3.05) is 25.3 Å². The zero-order valence-electron chi connectivity index (χ0n) is 14.5. The van der Waals surface area contributed by atoms with Crippen LogP contribution in [0.25, 0.3) is 0 Å². The summed E-state index contributed by atoms with van der Waals surface area (Å²) in [5.41, 5.74) is 4.38. The first-order chi connectivity index (χ1) is 11.5. The van der Waals surface area contributed by atoms with Crippen molar-refractivity contribution >= 4 is 23.4 Å². The Kier molecular flexibility index (Phi) is 6.55. The second-order valence-corrected chi connectivity index (χ2v) is 6.52. The van der Waals surface area contributed by atoms with E-state index in [1.807, 2.05) is 0 Å². The van der Waals surface area contributed by atoms with E-state index in [9.17, 15) is 4.79 Å². The van der Waals surface area contributed by atoms with Gasteiger partial charge in [-0.15, -0.1) is 11.8 Å². The van der Waals surface area contributed by atoms with Crippen molar-refractivity contribution in [3.05, 3.63) is 53.1 Å². The lowest BCUT2D eigenvalue weighted by Gasteiger charge is -2.12. The zero-order chi connectivity index (χ0) is 17.5. The maximum Gasteiger partial charge on any atom is 0.234 e. The number of carbonyl (C=O) groups is 1. The minimum atomic E-state index is -0.0585. The molecular formula is C19H23NO3S. The largest absolute Gasteiger partial charge is 0.497 e. The number of anilines is 1. The number of aryl methyl sites for hydroxylation is 2. The average molecular weight is 345 g/mol. The van der Waals surface area contributed by atoms with Crippen molar-refractivity contribution in [2.45, 2.75) is 19.6 Å². The van der Waals surface area contributed by atoms with Gasteiger partial charge in [-0.3, -0.25) is 4.79 Å². The molecule has 24 heavy (non-hydrogen) atoms. The molecule has 0 saturated heterocycles. The normalized spacial score (nSPS) is 10.3. The monoisotopic (exact) mass is 345 g/mol. The van der Waals surface area contributed by atoms with Crippen LogP contribution in [0.15, 0.2) is 36.4 Å². The van der Waals surface area contributed by atoms with Gasteiger partial charge in [-0.25, -0.2) is 0 Å². The highest BCUT2D eigenvalue weighted by Gasteiger charge is 2.10. The van der Waals surface area contributed by atoms with Gasteiger partial charge < -0.3 is 14.8 Å². The molecule has 128 valence electrons. The Bertz CT molecular complexity index is 716. The predicted octanol–water partition coefficient (Wildman–Crippen LogP) is 4.19. The fourth-order valence-corrected chi connectivity index (χ4v) is 3.20. The van der Waals surface area contributed by atoms with E-state index < -0.39 is 0 Å². The van der Waals surface area contributed by atoms with Crippen molar-refractivity contribution in [1.82, 2.24) is 0 Å². The summed E-state index contributed by atoms with van der Waals surface area (Å²) in [6.45, 7) is 4.17. The lowest BCUT2D eigenvalue weighted by Crippen LogP contribution is -2.15. The van der Waals surface area contributed by atoms with Gasteiger partial charge in [-0.1, -0.05) is 23.8 Å². The number of nitrogens with one attached hydrogen (secondary N) is 1. The number of thioether (sulfide) groups is 1. The average Bonchev–Trinajstić information content (AvgIpc) is 2.57. The Hall–Kier alpha value is -2.14. The summed E-state index contributed by atoms with van der Waals surface area (Å²) < 4.78 is 10.5. The summed E-state index contributed by atoms with van der Waals surface area (Å²) in [6.07, 6.45) is 0. The molecule has 5 heteroatoms. The maximum atomic E-state index is 12.2. The highest BCUT2D eigenvalue weighted by atomic mass is 32.2. The molecule has 1 N–H and O–H groups in total. The van der Waals surface area contributed by atoms with E-state index in [-0.39, 0.29) is 5.91 Å². The molecule has 4 nitrogen and oxygen atoms in total. The number of rotatable bonds is 7. The molecule has 0 radical (unpaired) electrons. The fourth-order valence-electron chi connectivity index (χ4n) is 2.31. The second-order valence-electron chi connectivity index (χ2n) is 5.54. The fraction of sp³-hybridized carbons (Fsp3) is 0.316. The molecule has 0 atom stereocenters. The van der Waals surface area contributed by atoms with Gasteiger partial charge in [0, 0.05) is 11.8 Å². The molecule has 0 saturated carbocycles. The first-order valence-electron chi connectivity index (χ1n) is 7.69. The molecule has 0 aliphatic rings. The number of benzene rings is 2. The Labute approximate surface area is 147 Å². The van der Waals surface area contributed by atoms with Crippen LogP contribution in [-0.2, 0) is 10.5 Å². The molecule has 0 unspecified atom stereocenters. The number of methoxy groups -OCH3 is 2. The maximum absolute atomic E-state index is 12.2. The van der Waals surface area contributed by atoms with E-state index in [2.05, 4.69) is 37.4 Å². The first kappa shape index (κ1) is 18.2. The van der Waals surface area contributed by atoms with Crippen LogP contribution >= 0.6 is 11.8 Å². The van der Waals surface area contributed by atoms with Gasteiger partial charge in [0.15, 0.2) is 0 Å². The van der Waals surface area contributed by atoms with Crippen LogP contribution in [0.4, 0.5) is 5.69 Å². The molecule has 0 fully saturated rings. The van der Waals surface area contributed by atoms with Crippen LogP contribution in [0.3, 0.4) is 0 Å². The molecular weight excluding hydrogens is 322 g/mol. The summed E-state index contributed by atoms with van der Waals surface area (Å²) >= 11 is 1.60.